The molecule has 0 radical (unpaired) electrons. The van der Waals surface area contributed by atoms with E-state index in [4.69, 9.17) is 4.74 Å². The SMILES string of the molecule is COc1ccc(C)cc1CC1CCC(Br)C1. The maximum Gasteiger partial charge on any atom is 0.122 e. The van der Waals surface area contributed by atoms with Crippen molar-refractivity contribution >= 4 is 15.9 Å². The lowest BCUT2D eigenvalue weighted by Gasteiger charge is -2.13. The highest BCUT2D eigenvalue weighted by Gasteiger charge is 2.23. The molecule has 1 fully saturated rings. The highest BCUT2D eigenvalue weighted by molar-refractivity contribution is 9.09. The molecule has 88 valence electrons. The summed E-state index contributed by atoms with van der Waals surface area (Å²) in [5, 5.41) is 0. The van der Waals surface area contributed by atoms with Gasteiger partial charge in [-0.2, -0.15) is 0 Å². The predicted molar refractivity (Wildman–Crippen MR) is 71.5 cm³/mol. The average molecular weight is 283 g/mol. The van der Waals surface area contributed by atoms with Gasteiger partial charge in [-0.15, -0.1) is 0 Å². The molecule has 2 unspecified atom stereocenters. The van der Waals surface area contributed by atoms with Gasteiger partial charge in [-0.3, -0.25) is 0 Å². The van der Waals surface area contributed by atoms with Crippen LogP contribution in [0.25, 0.3) is 0 Å². The molecule has 1 aliphatic rings. The summed E-state index contributed by atoms with van der Waals surface area (Å²) in [6.07, 6.45) is 5.12. The third kappa shape index (κ3) is 2.79. The first-order valence-corrected chi connectivity index (χ1v) is 6.88. The molecule has 16 heavy (non-hydrogen) atoms. The fourth-order valence-corrected chi connectivity index (χ4v) is 3.37. The number of halogens is 1. The van der Waals surface area contributed by atoms with Crippen molar-refractivity contribution in [2.45, 2.75) is 37.4 Å². The van der Waals surface area contributed by atoms with Gasteiger partial charge >= 0.3 is 0 Å². The maximum atomic E-state index is 5.43. The minimum Gasteiger partial charge on any atom is -0.496 e. The van der Waals surface area contributed by atoms with Gasteiger partial charge in [0.25, 0.3) is 0 Å². The van der Waals surface area contributed by atoms with E-state index in [2.05, 4.69) is 41.1 Å². The summed E-state index contributed by atoms with van der Waals surface area (Å²) in [6, 6.07) is 6.47. The van der Waals surface area contributed by atoms with E-state index in [1.54, 1.807) is 7.11 Å². The Labute approximate surface area is 106 Å². The second-order valence-corrected chi connectivity index (χ2v) is 6.09. The Bertz CT molecular complexity index is 362. The number of benzene rings is 1. The third-order valence-corrected chi connectivity index (χ3v) is 4.25. The molecule has 1 aromatic rings. The Balaban J connectivity index is 2.10. The van der Waals surface area contributed by atoms with Gasteiger partial charge in [0, 0.05) is 4.83 Å². The summed E-state index contributed by atoms with van der Waals surface area (Å²) in [7, 11) is 1.76. The molecule has 0 aromatic heterocycles. The highest BCUT2D eigenvalue weighted by atomic mass is 79.9. The van der Waals surface area contributed by atoms with Crippen molar-refractivity contribution in [3.8, 4) is 5.75 Å². The Morgan fingerprint density at radius 3 is 2.81 bits per heavy atom. The Morgan fingerprint density at radius 2 is 2.19 bits per heavy atom. The van der Waals surface area contributed by atoms with Crippen molar-refractivity contribution < 1.29 is 4.74 Å². The van der Waals surface area contributed by atoms with Crippen LogP contribution in [-0.4, -0.2) is 11.9 Å². The maximum absolute atomic E-state index is 5.43. The first-order valence-electron chi connectivity index (χ1n) is 5.96. The van der Waals surface area contributed by atoms with Gasteiger partial charge in [-0.25, -0.2) is 0 Å². The van der Waals surface area contributed by atoms with Crippen LogP contribution in [0.4, 0.5) is 0 Å². The molecule has 1 saturated carbocycles. The standard InChI is InChI=1S/C14H19BrO/c1-10-3-6-14(16-2)12(7-10)8-11-4-5-13(15)9-11/h3,6-7,11,13H,4-5,8-9H2,1-2H3. The summed E-state index contributed by atoms with van der Waals surface area (Å²) >= 11 is 3.71. The molecule has 1 aromatic carbocycles. The summed E-state index contributed by atoms with van der Waals surface area (Å²) < 4.78 is 5.43. The largest absolute Gasteiger partial charge is 0.496 e. The van der Waals surface area contributed by atoms with Gasteiger partial charge in [0.1, 0.15) is 5.75 Å². The second kappa shape index (κ2) is 5.22. The Hall–Kier alpha value is -0.500. The van der Waals surface area contributed by atoms with Gasteiger partial charge in [-0.1, -0.05) is 33.6 Å². The van der Waals surface area contributed by atoms with E-state index >= 15 is 0 Å². The molecule has 1 aliphatic carbocycles. The van der Waals surface area contributed by atoms with E-state index in [9.17, 15) is 0 Å². The molecule has 2 atom stereocenters. The van der Waals surface area contributed by atoms with E-state index < -0.39 is 0 Å². The van der Waals surface area contributed by atoms with Crippen LogP contribution in [-0.2, 0) is 6.42 Å². The van der Waals surface area contributed by atoms with Crippen molar-refractivity contribution in [1.29, 1.82) is 0 Å². The molecule has 0 spiro atoms. The van der Waals surface area contributed by atoms with E-state index in [-0.39, 0.29) is 0 Å². The van der Waals surface area contributed by atoms with E-state index in [0.29, 0.717) is 0 Å². The van der Waals surface area contributed by atoms with Crippen LogP contribution in [0.15, 0.2) is 18.2 Å². The van der Waals surface area contributed by atoms with Crippen molar-refractivity contribution in [3.63, 3.8) is 0 Å². The van der Waals surface area contributed by atoms with Crippen LogP contribution in [0.2, 0.25) is 0 Å². The number of hydrogen-bond donors (Lipinski definition) is 0. The zero-order valence-electron chi connectivity index (χ0n) is 10.0. The van der Waals surface area contributed by atoms with Crippen LogP contribution in [0.1, 0.15) is 30.4 Å². The minimum atomic E-state index is 0.730. The normalized spacial score (nSPS) is 24.7. The molecule has 1 nitrogen and oxygen atoms in total. The molecule has 2 rings (SSSR count). The summed E-state index contributed by atoms with van der Waals surface area (Å²) in [5.74, 6) is 1.86. The monoisotopic (exact) mass is 282 g/mol. The summed E-state index contributed by atoms with van der Waals surface area (Å²) in [5.41, 5.74) is 2.69. The summed E-state index contributed by atoms with van der Waals surface area (Å²) in [6.45, 7) is 2.14. The molecule has 0 N–H and O–H groups in total. The minimum absolute atomic E-state index is 0.730. The molecule has 0 heterocycles. The van der Waals surface area contributed by atoms with Crippen LogP contribution >= 0.6 is 15.9 Å². The smallest absolute Gasteiger partial charge is 0.122 e. The van der Waals surface area contributed by atoms with Crippen LogP contribution in [0.3, 0.4) is 0 Å². The quantitative estimate of drug-likeness (QED) is 0.758. The fraction of sp³-hybridized carbons (Fsp3) is 0.571. The average Bonchev–Trinajstić information content (AvgIpc) is 2.64. The molecule has 2 heteroatoms. The summed E-state index contributed by atoms with van der Waals surface area (Å²) in [4.78, 5) is 0.730. The first kappa shape index (κ1) is 12.0. The Kier molecular flexibility index (Phi) is 3.91. The number of hydrogen-bond acceptors (Lipinski definition) is 1. The number of aryl methyl sites for hydroxylation is 1. The van der Waals surface area contributed by atoms with Crippen LogP contribution < -0.4 is 4.74 Å². The molecule has 0 saturated heterocycles. The van der Waals surface area contributed by atoms with Crippen molar-refractivity contribution in [2.75, 3.05) is 7.11 Å². The van der Waals surface area contributed by atoms with E-state index in [1.165, 1.54) is 30.4 Å². The molecule has 0 aliphatic heterocycles. The first-order chi connectivity index (χ1) is 7.69. The van der Waals surface area contributed by atoms with Gasteiger partial charge < -0.3 is 4.74 Å². The van der Waals surface area contributed by atoms with Crippen molar-refractivity contribution in [1.82, 2.24) is 0 Å². The second-order valence-electron chi connectivity index (χ2n) is 4.80. The number of methoxy groups -OCH3 is 1. The lowest BCUT2D eigenvalue weighted by molar-refractivity contribution is 0.404. The highest BCUT2D eigenvalue weighted by Crippen LogP contribution is 2.34. The lowest BCUT2D eigenvalue weighted by atomic mass is 9.96. The molecule has 0 bridgehead atoms. The van der Waals surface area contributed by atoms with Crippen LogP contribution in [0.5, 0.6) is 5.75 Å². The zero-order chi connectivity index (χ0) is 11.5. The number of alkyl halides is 1. The number of rotatable bonds is 3. The van der Waals surface area contributed by atoms with Crippen molar-refractivity contribution in [3.05, 3.63) is 29.3 Å². The van der Waals surface area contributed by atoms with E-state index in [0.717, 1.165) is 22.9 Å². The number of ether oxygens (including phenoxy) is 1. The van der Waals surface area contributed by atoms with Crippen LogP contribution in [0, 0.1) is 12.8 Å². The zero-order valence-corrected chi connectivity index (χ0v) is 11.6. The Morgan fingerprint density at radius 1 is 1.38 bits per heavy atom. The predicted octanol–water partition coefficient (Wildman–Crippen LogP) is 4.11. The third-order valence-electron chi connectivity index (χ3n) is 3.42. The topological polar surface area (TPSA) is 9.23 Å². The molecular formula is C14H19BrO. The van der Waals surface area contributed by atoms with Gasteiger partial charge in [0.2, 0.25) is 0 Å². The van der Waals surface area contributed by atoms with Gasteiger partial charge in [0.15, 0.2) is 0 Å². The van der Waals surface area contributed by atoms with Gasteiger partial charge in [-0.05, 0) is 50.2 Å². The molecular weight excluding hydrogens is 264 g/mol. The fourth-order valence-electron chi connectivity index (χ4n) is 2.58. The van der Waals surface area contributed by atoms with E-state index in [1.807, 2.05) is 0 Å². The molecule has 0 amide bonds. The lowest BCUT2D eigenvalue weighted by Crippen LogP contribution is -2.02. The van der Waals surface area contributed by atoms with Crippen molar-refractivity contribution in [2.24, 2.45) is 5.92 Å². The van der Waals surface area contributed by atoms with Gasteiger partial charge in [0.05, 0.1) is 7.11 Å².